The molecule has 102 valence electrons. The molecule has 0 radical (unpaired) electrons. The van der Waals surface area contributed by atoms with Crippen molar-refractivity contribution < 1.29 is 4.74 Å². The van der Waals surface area contributed by atoms with Gasteiger partial charge < -0.3 is 10.1 Å². The minimum Gasteiger partial charge on any atom is -0.496 e. The zero-order valence-electron chi connectivity index (χ0n) is 12.1. The average Bonchev–Trinajstić information content (AvgIpc) is 2.27. The minimum atomic E-state index is 0.176. The zero-order chi connectivity index (χ0) is 13.8. The fraction of sp³-hybridized carbons (Fsp3) is 0.600. The molecule has 0 aliphatic heterocycles. The number of aryl methyl sites for hydroxylation is 2. The first-order valence-corrected chi connectivity index (χ1v) is 6.79. The number of hydrogen-bond donors (Lipinski definition) is 1. The Balaban J connectivity index is 2.59. The van der Waals surface area contributed by atoms with Crippen LogP contribution >= 0.6 is 11.6 Å². The van der Waals surface area contributed by atoms with Crippen molar-refractivity contribution >= 4 is 11.6 Å². The summed E-state index contributed by atoms with van der Waals surface area (Å²) in [6.45, 7) is 9.52. The van der Waals surface area contributed by atoms with Crippen molar-refractivity contribution in [2.45, 2.75) is 46.1 Å². The number of benzene rings is 1. The van der Waals surface area contributed by atoms with E-state index in [2.05, 4.69) is 26.1 Å². The molecule has 1 aromatic carbocycles. The van der Waals surface area contributed by atoms with Crippen LogP contribution in [0.4, 0.5) is 0 Å². The molecule has 1 N–H and O–H groups in total. The summed E-state index contributed by atoms with van der Waals surface area (Å²) in [5.41, 5.74) is 2.42. The third-order valence-corrected chi connectivity index (χ3v) is 3.25. The Morgan fingerprint density at radius 2 is 1.94 bits per heavy atom. The van der Waals surface area contributed by atoms with Gasteiger partial charge in [-0.15, -0.1) is 0 Å². The van der Waals surface area contributed by atoms with Gasteiger partial charge in [-0.2, -0.15) is 0 Å². The summed E-state index contributed by atoms with van der Waals surface area (Å²) in [6, 6.07) is 4.03. The summed E-state index contributed by atoms with van der Waals surface area (Å²) < 4.78 is 5.40. The molecular weight excluding hydrogens is 246 g/mol. The molecule has 3 heteroatoms. The topological polar surface area (TPSA) is 21.3 Å². The number of halogens is 1. The molecule has 0 spiro atoms. The normalized spacial score (nSPS) is 11.7. The first kappa shape index (κ1) is 15.3. The fourth-order valence-electron chi connectivity index (χ4n) is 1.82. The van der Waals surface area contributed by atoms with E-state index < -0.39 is 0 Å². The Morgan fingerprint density at radius 1 is 1.28 bits per heavy atom. The molecule has 0 unspecified atom stereocenters. The highest BCUT2D eigenvalue weighted by Crippen LogP contribution is 2.27. The van der Waals surface area contributed by atoms with Crippen LogP contribution in [0, 0.1) is 6.92 Å². The van der Waals surface area contributed by atoms with Gasteiger partial charge in [0, 0.05) is 10.6 Å². The number of methoxy groups -OCH3 is 1. The first-order chi connectivity index (χ1) is 8.33. The van der Waals surface area contributed by atoms with Crippen molar-refractivity contribution in [2.75, 3.05) is 13.7 Å². The van der Waals surface area contributed by atoms with Gasteiger partial charge in [-0.3, -0.25) is 0 Å². The van der Waals surface area contributed by atoms with Gasteiger partial charge in [0.25, 0.3) is 0 Å². The van der Waals surface area contributed by atoms with E-state index in [4.69, 9.17) is 16.3 Å². The quantitative estimate of drug-likeness (QED) is 0.817. The number of hydrogen-bond acceptors (Lipinski definition) is 2. The highest BCUT2D eigenvalue weighted by molar-refractivity contribution is 6.31. The molecule has 0 heterocycles. The second kappa shape index (κ2) is 6.44. The molecule has 0 atom stereocenters. The third-order valence-electron chi connectivity index (χ3n) is 2.84. The van der Waals surface area contributed by atoms with Crippen LogP contribution in [0.5, 0.6) is 5.75 Å². The molecule has 1 rings (SSSR count). The van der Waals surface area contributed by atoms with Crippen molar-refractivity contribution in [3.63, 3.8) is 0 Å². The molecule has 0 aromatic heterocycles. The van der Waals surface area contributed by atoms with Gasteiger partial charge in [-0.05, 0) is 70.3 Å². The lowest BCUT2D eigenvalue weighted by Gasteiger charge is -2.20. The molecule has 0 amide bonds. The second-order valence-electron chi connectivity index (χ2n) is 5.69. The van der Waals surface area contributed by atoms with E-state index in [0.29, 0.717) is 0 Å². The maximum absolute atomic E-state index is 6.16. The number of ether oxygens (including phenoxy) is 1. The van der Waals surface area contributed by atoms with Crippen molar-refractivity contribution in [3.05, 3.63) is 28.3 Å². The molecule has 1 aromatic rings. The van der Waals surface area contributed by atoms with E-state index in [1.54, 1.807) is 7.11 Å². The molecule has 2 nitrogen and oxygen atoms in total. The van der Waals surface area contributed by atoms with Crippen LogP contribution in [-0.4, -0.2) is 19.2 Å². The van der Waals surface area contributed by atoms with Gasteiger partial charge in [-0.25, -0.2) is 0 Å². The van der Waals surface area contributed by atoms with E-state index in [1.807, 2.05) is 19.1 Å². The van der Waals surface area contributed by atoms with E-state index in [9.17, 15) is 0 Å². The molecule has 0 bridgehead atoms. The monoisotopic (exact) mass is 269 g/mol. The summed E-state index contributed by atoms with van der Waals surface area (Å²) in [4.78, 5) is 0. The van der Waals surface area contributed by atoms with Crippen molar-refractivity contribution in [1.82, 2.24) is 5.32 Å². The van der Waals surface area contributed by atoms with Crippen LogP contribution in [0.15, 0.2) is 12.1 Å². The van der Waals surface area contributed by atoms with Crippen molar-refractivity contribution in [2.24, 2.45) is 0 Å². The van der Waals surface area contributed by atoms with Gasteiger partial charge in [0.05, 0.1) is 7.11 Å². The zero-order valence-corrected chi connectivity index (χ0v) is 12.8. The highest BCUT2D eigenvalue weighted by Gasteiger charge is 2.09. The van der Waals surface area contributed by atoms with Crippen LogP contribution in [0.2, 0.25) is 5.02 Å². The predicted molar refractivity (Wildman–Crippen MR) is 78.8 cm³/mol. The molecule has 0 saturated carbocycles. The first-order valence-electron chi connectivity index (χ1n) is 6.41. The number of rotatable bonds is 5. The van der Waals surface area contributed by atoms with E-state index >= 15 is 0 Å². The van der Waals surface area contributed by atoms with Crippen LogP contribution in [0.1, 0.15) is 38.3 Å². The van der Waals surface area contributed by atoms with E-state index in [1.165, 1.54) is 5.56 Å². The lowest BCUT2D eigenvalue weighted by atomic mass is 10.0. The SMILES string of the molecule is COc1cc(C)c(Cl)cc1CCCNC(C)(C)C. The molecule has 0 saturated heterocycles. The van der Waals surface area contributed by atoms with Crippen LogP contribution in [0.3, 0.4) is 0 Å². The standard InChI is InChI=1S/C15H24ClNO/c1-11-9-14(18-5)12(10-13(11)16)7-6-8-17-15(2,3)4/h9-10,17H,6-8H2,1-5H3. The summed E-state index contributed by atoms with van der Waals surface area (Å²) >= 11 is 6.16. The summed E-state index contributed by atoms with van der Waals surface area (Å²) in [7, 11) is 1.71. The van der Waals surface area contributed by atoms with Crippen LogP contribution in [-0.2, 0) is 6.42 Å². The molecular formula is C15H24ClNO. The third kappa shape index (κ3) is 4.87. The van der Waals surface area contributed by atoms with E-state index in [-0.39, 0.29) is 5.54 Å². The Hall–Kier alpha value is -0.730. The van der Waals surface area contributed by atoms with Crippen LogP contribution in [0.25, 0.3) is 0 Å². The number of nitrogens with one attached hydrogen (secondary N) is 1. The van der Waals surface area contributed by atoms with Gasteiger partial charge in [0.2, 0.25) is 0 Å². The predicted octanol–water partition coefficient (Wildman–Crippen LogP) is 3.98. The Morgan fingerprint density at radius 3 is 2.50 bits per heavy atom. The van der Waals surface area contributed by atoms with Gasteiger partial charge in [-0.1, -0.05) is 11.6 Å². The molecule has 0 aliphatic carbocycles. The van der Waals surface area contributed by atoms with E-state index in [0.717, 1.165) is 35.7 Å². The van der Waals surface area contributed by atoms with Crippen molar-refractivity contribution in [3.8, 4) is 5.75 Å². The van der Waals surface area contributed by atoms with Crippen LogP contribution < -0.4 is 10.1 Å². The molecule has 0 fully saturated rings. The fourth-order valence-corrected chi connectivity index (χ4v) is 2.01. The van der Waals surface area contributed by atoms with Gasteiger partial charge in [0.1, 0.15) is 5.75 Å². The largest absolute Gasteiger partial charge is 0.496 e. The highest BCUT2D eigenvalue weighted by atomic mass is 35.5. The van der Waals surface area contributed by atoms with Gasteiger partial charge >= 0.3 is 0 Å². The smallest absolute Gasteiger partial charge is 0.122 e. The second-order valence-corrected chi connectivity index (χ2v) is 6.10. The van der Waals surface area contributed by atoms with Crippen molar-refractivity contribution in [1.29, 1.82) is 0 Å². The van der Waals surface area contributed by atoms with Gasteiger partial charge in [0.15, 0.2) is 0 Å². The Bertz CT molecular complexity index is 396. The summed E-state index contributed by atoms with van der Waals surface area (Å²) in [5, 5.41) is 4.30. The summed E-state index contributed by atoms with van der Waals surface area (Å²) in [6.07, 6.45) is 2.05. The Kier molecular flexibility index (Phi) is 5.48. The molecule has 0 aliphatic rings. The molecule has 18 heavy (non-hydrogen) atoms. The lowest BCUT2D eigenvalue weighted by Crippen LogP contribution is -2.36. The average molecular weight is 270 g/mol. The Labute approximate surface area is 116 Å². The minimum absolute atomic E-state index is 0.176. The lowest BCUT2D eigenvalue weighted by molar-refractivity contribution is 0.404. The maximum Gasteiger partial charge on any atom is 0.122 e. The summed E-state index contributed by atoms with van der Waals surface area (Å²) in [5.74, 6) is 0.938. The maximum atomic E-state index is 6.16.